The maximum absolute atomic E-state index is 2.74. The summed E-state index contributed by atoms with van der Waals surface area (Å²) in [6, 6.07) is 0. The second kappa shape index (κ2) is 40.5. The molecule has 0 aliphatic carbocycles. The Morgan fingerprint density at radius 2 is 0.451 bits per heavy atom. The van der Waals surface area contributed by atoms with Gasteiger partial charge in [0.25, 0.3) is 0 Å². The topological polar surface area (TPSA) is 6.48 Å². The average Bonchev–Trinajstić information content (AvgIpc) is 3.53. The van der Waals surface area contributed by atoms with E-state index in [9.17, 15) is 0 Å². The van der Waals surface area contributed by atoms with Gasteiger partial charge in [-0.3, -0.25) is 0 Å². The fourth-order valence-electron chi connectivity index (χ4n) is 8.48. The van der Waals surface area contributed by atoms with Gasteiger partial charge in [0, 0.05) is 25.5 Å². The first-order chi connectivity index (χ1) is 25.3. The summed E-state index contributed by atoms with van der Waals surface area (Å²) in [5.41, 5.74) is 0. The zero-order valence-corrected chi connectivity index (χ0v) is 36.0. The van der Waals surface area contributed by atoms with Crippen molar-refractivity contribution in [3.8, 4) is 0 Å². The maximum Gasteiger partial charge on any atom is 0.101 e. The van der Waals surface area contributed by atoms with Crippen molar-refractivity contribution >= 4 is 0 Å². The van der Waals surface area contributed by atoms with E-state index in [0.29, 0.717) is 6.17 Å². The van der Waals surface area contributed by atoms with E-state index in [1.54, 1.807) is 0 Å². The van der Waals surface area contributed by atoms with Crippen LogP contribution in [0.25, 0.3) is 0 Å². The summed E-state index contributed by atoms with van der Waals surface area (Å²) < 4.78 is 0. The molecule has 1 atom stereocenters. The number of nitrogens with zero attached hydrogens (tertiary/aromatic N) is 2. The van der Waals surface area contributed by atoms with Crippen LogP contribution in [0.1, 0.15) is 284 Å². The molecule has 0 aromatic rings. The SMILES string of the molecule is CCCCCCCCCCCCCCCCCCN1C=CN(CCCCCCCCCCCCCCCCC)C1CCCCCCCCCCC. The summed E-state index contributed by atoms with van der Waals surface area (Å²) in [6.45, 7) is 9.50. The summed E-state index contributed by atoms with van der Waals surface area (Å²) in [4.78, 5) is 5.47. The molecule has 0 saturated heterocycles. The van der Waals surface area contributed by atoms with Gasteiger partial charge in [0.2, 0.25) is 0 Å². The van der Waals surface area contributed by atoms with Crippen molar-refractivity contribution in [1.82, 2.24) is 9.80 Å². The van der Waals surface area contributed by atoms with Crippen LogP contribution in [-0.2, 0) is 0 Å². The molecular formula is C49H98N2. The molecule has 0 saturated carbocycles. The van der Waals surface area contributed by atoms with Gasteiger partial charge in [-0.05, 0) is 25.7 Å². The second-order valence-corrected chi connectivity index (χ2v) is 17.1. The Bertz CT molecular complexity index is 673. The summed E-state index contributed by atoms with van der Waals surface area (Å²) in [5.74, 6) is 0. The molecule has 51 heavy (non-hydrogen) atoms. The molecule has 0 N–H and O–H groups in total. The van der Waals surface area contributed by atoms with E-state index in [4.69, 9.17) is 0 Å². The molecule has 0 fully saturated rings. The number of rotatable bonds is 43. The van der Waals surface area contributed by atoms with Gasteiger partial charge in [-0.15, -0.1) is 0 Å². The van der Waals surface area contributed by atoms with Gasteiger partial charge in [0.1, 0.15) is 6.17 Å². The largest absolute Gasteiger partial charge is 0.356 e. The van der Waals surface area contributed by atoms with Crippen LogP contribution < -0.4 is 0 Å². The first kappa shape index (κ1) is 48.4. The van der Waals surface area contributed by atoms with Crippen molar-refractivity contribution in [1.29, 1.82) is 0 Å². The lowest BCUT2D eigenvalue weighted by Gasteiger charge is -2.33. The highest BCUT2D eigenvalue weighted by molar-refractivity contribution is 4.97. The number of unbranched alkanes of at least 4 members (excludes halogenated alkanes) is 37. The van der Waals surface area contributed by atoms with Crippen LogP contribution >= 0.6 is 0 Å². The minimum absolute atomic E-state index is 0.637. The predicted molar refractivity (Wildman–Crippen MR) is 233 cm³/mol. The lowest BCUT2D eigenvalue weighted by Crippen LogP contribution is -2.39. The van der Waals surface area contributed by atoms with Crippen LogP contribution in [-0.4, -0.2) is 29.1 Å². The average molecular weight is 715 g/mol. The Balaban J connectivity index is 2.16. The quantitative estimate of drug-likeness (QED) is 0.0580. The minimum Gasteiger partial charge on any atom is -0.356 e. The highest BCUT2D eigenvalue weighted by atomic mass is 15.4. The van der Waals surface area contributed by atoms with Gasteiger partial charge < -0.3 is 9.80 Å². The van der Waals surface area contributed by atoms with Crippen LogP contribution in [0.3, 0.4) is 0 Å². The molecule has 1 unspecified atom stereocenters. The van der Waals surface area contributed by atoms with Gasteiger partial charge >= 0.3 is 0 Å². The first-order valence-corrected chi connectivity index (χ1v) is 24.5. The van der Waals surface area contributed by atoms with Gasteiger partial charge in [0.15, 0.2) is 0 Å². The van der Waals surface area contributed by atoms with E-state index in [2.05, 4.69) is 43.0 Å². The van der Waals surface area contributed by atoms with Gasteiger partial charge in [-0.2, -0.15) is 0 Å². The molecule has 0 bridgehead atoms. The van der Waals surface area contributed by atoms with E-state index in [1.807, 2.05) is 0 Å². The highest BCUT2D eigenvalue weighted by Crippen LogP contribution is 2.24. The Labute approximate surface area is 324 Å². The lowest BCUT2D eigenvalue weighted by molar-refractivity contribution is 0.135. The first-order valence-electron chi connectivity index (χ1n) is 24.5. The van der Waals surface area contributed by atoms with Crippen LogP contribution in [0.15, 0.2) is 12.4 Å². The van der Waals surface area contributed by atoms with E-state index in [0.717, 1.165) is 0 Å². The van der Waals surface area contributed by atoms with E-state index in [1.165, 1.54) is 276 Å². The van der Waals surface area contributed by atoms with Crippen molar-refractivity contribution in [2.45, 2.75) is 290 Å². The zero-order valence-electron chi connectivity index (χ0n) is 36.0. The molecule has 1 rings (SSSR count). The van der Waals surface area contributed by atoms with Gasteiger partial charge in [-0.1, -0.05) is 258 Å². The van der Waals surface area contributed by atoms with Crippen molar-refractivity contribution in [2.24, 2.45) is 0 Å². The Kier molecular flexibility index (Phi) is 38.4. The van der Waals surface area contributed by atoms with Crippen molar-refractivity contribution < 1.29 is 0 Å². The van der Waals surface area contributed by atoms with Crippen LogP contribution in [0, 0.1) is 0 Å². The molecule has 0 aromatic heterocycles. The highest BCUT2D eigenvalue weighted by Gasteiger charge is 2.24. The smallest absolute Gasteiger partial charge is 0.101 e. The van der Waals surface area contributed by atoms with Crippen LogP contribution in [0.5, 0.6) is 0 Å². The van der Waals surface area contributed by atoms with Crippen molar-refractivity contribution in [3.05, 3.63) is 12.4 Å². The summed E-state index contributed by atoms with van der Waals surface area (Å²) >= 11 is 0. The molecule has 1 heterocycles. The van der Waals surface area contributed by atoms with Crippen molar-refractivity contribution in [2.75, 3.05) is 13.1 Å². The van der Waals surface area contributed by atoms with Crippen molar-refractivity contribution in [3.63, 3.8) is 0 Å². The number of hydrogen-bond acceptors (Lipinski definition) is 2. The second-order valence-electron chi connectivity index (χ2n) is 17.1. The molecule has 2 nitrogen and oxygen atoms in total. The molecule has 0 aromatic carbocycles. The molecule has 304 valence electrons. The molecule has 0 radical (unpaired) electrons. The Hall–Kier alpha value is -0.660. The third-order valence-electron chi connectivity index (χ3n) is 12.1. The van der Waals surface area contributed by atoms with Crippen LogP contribution in [0.2, 0.25) is 0 Å². The fourth-order valence-corrected chi connectivity index (χ4v) is 8.48. The number of hydrogen-bond donors (Lipinski definition) is 0. The Morgan fingerprint density at radius 3 is 0.686 bits per heavy atom. The standard InChI is InChI=1S/C49H98N2/c1-4-7-10-13-16-19-21-23-25-27-29-31-34-37-40-43-46-51-48-47-50(49(51)44-41-38-35-32-18-15-12-9-6-3)45-42-39-36-33-30-28-26-24-22-20-17-14-11-8-5-2/h47-49H,4-46H2,1-3H3. The van der Waals surface area contributed by atoms with E-state index < -0.39 is 0 Å². The fraction of sp³-hybridized carbons (Fsp3) is 0.959. The summed E-state index contributed by atoms with van der Waals surface area (Å²) in [7, 11) is 0. The maximum atomic E-state index is 2.74. The molecule has 1 aliphatic heterocycles. The van der Waals surface area contributed by atoms with Crippen LogP contribution in [0.4, 0.5) is 0 Å². The predicted octanol–water partition coefficient (Wildman–Crippen LogP) is 17.5. The molecule has 1 aliphatic rings. The van der Waals surface area contributed by atoms with Gasteiger partial charge in [0.05, 0.1) is 0 Å². The minimum atomic E-state index is 0.637. The van der Waals surface area contributed by atoms with E-state index >= 15 is 0 Å². The molecule has 0 spiro atoms. The molecular weight excluding hydrogens is 617 g/mol. The third-order valence-corrected chi connectivity index (χ3v) is 12.1. The zero-order chi connectivity index (χ0) is 36.6. The monoisotopic (exact) mass is 715 g/mol. The van der Waals surface area contributed by atoms with Gasteiger partial charge in [-0.25, -0.2) is 0 Å². The summed E-state index contributed by atoms with van der Waals surface area (Å²) in [5, 5.41) is 0. The lowest BCUT2D eigenvalue weighted by atomic mass is 10.0. The van der Waals surface area contributed by atoms with E-state index in [-0.39, 0.29) is 0 Å². The summed E-state index contributed by atoms with van der Waals surface area (Å²) in [6.07, 6.45) is 64.9. The molecule has 2 heteroatoms. The Morgan fingerprint density at radius 1 is 0.255 bits per heavy atom. The molecule has 0 amide bonds. The third kappa shape index (κ3) is 32.5. The normalized spacial score (nSPS) is 14.5.